The van der Waals surface area contributed by atoms with E-state index in [2.05, 4.69) is 31.3 Å². The summed E-state index contributed by atoms with van der Waals surface area (Å²) in [5.41, 5.74) is 5.80. The van der Waals surface area contributed by atoms with Crippen LogP contribution in [0.5, 0.6) is 0 Å². The second-order valence-corrected chi connectivity index (χ2v) is 6.51. The third kappa shape index (κ3) is 3.92. The molecule has 20 heavy (non-hydrogen) atoms. The fourth-order valence-corrected chi connectivity index (χ4v) is 2.39. The maximum Gasteiger partial charge on any atom is 0.271 e. The summed E-state index contributed by atoms with van der Waals surface area (Å²) in [6.07, 6.45) is 5.69. The first-order valence-electron chi connectivity index (χ1n) is 7.43. The van der Waals surface area contributed by atoms with Gasteiger partial charge in [0, 0.05) is 11.3 Å². The monoisotopic (exact) mass is 272 g/mol. The van der Waals surface area contributed by atoms with Gasteiger partial charge in [0.15, 0.2) is 0 Å². The number of benzene rings is 1. The van der Waals surface area contributed by atoms with Gasteiger partial charge in [-0.15, -0.1) is 0 Å². The third-order valence-corrected chi connectivity index (χ3v) is 3.76. The minimum atomic E-state index is -0.122. The molecule has 0 bridgehead atoms. The van der Waals surface area contributed by atoms with E-state index >= 15 is 0 Å². The summed E-state index contributed by atoms with van der Waals surface area (Å²) in [7, 11) is 0. The van der Waals surface area contributed by atoms with Crippen molar-refractivity contribution in [3.8, 4) is 0 Å². The normalized spacial score (nSPS) is 15.8. The molecule has 1 N–H and O–H groups in total. The van der Waals surface area contributed by atoms with Gasteiger partial charge >= 0.3 is 0 Å². The molecule has 1 aromatic rings. The number of nitrogens with one attached hydrogen (secondary N) is 1. The molecule has 108 valence electrons. The number of nitrogens with zero attached hydrogens (tertiary/aromatic N) is 1. The van der Waals surface area contributed by atoms with Gasteiger partial charge in [-0.2, -0.15) is 5.10 Å². The molecule has 0 atom stereocenters. The van der Waals surface area contributed by atoms with Crippen LogP contribution in [-0.4, -0.2) is 11.6 Å². The van der Waals surface area contributed by atoms with E-state index in [1.165, 1.54) is 24.8 Å². The SMILES string of the molecule is CC(C)(C)c1ccc(C(=O)NN=C2CCCCC2)cc1. The van der Waals surface area contributed by atoms with Crippen molar-refractivity contribution in [2.45, 2.75) is 58.3 Å². The Hall–Kier alpha value is -1.64. The zero-order chi connectivity index (χ0) is 14.6. The quantitative estimate of drug-likeness (QED) is 0.811. The van der Waals surface area contributed by atoms with Crippen LogP contribution in [0.1, 0.15) is 68.8 Å². The molecule has 0 unspecified atom stereocenters. The molecule has 1 amide bonds. The number of hydrogen-bond donors (Lipinski definition) is 1. The van der Waals surface area contributed by atoms with Crippen molar-refractivity contribution in [3.63, 3.8) is 0 Å². The molecular weight excluding hydrogens is 248 g/mol. The van der Waals surface area contributed by atoms with Crippen molar-refractivity contribution in [2.75, 3.05) is 0 Å². The number of hydrazone groups is 1. The van der Waals surface area contributed by atoms with Crippen LogP contribution in [0, 0.1) is 0 Å². The van der Waals surface area contributed by atoms with Crippen molar-refractivity contribution in [1.82, 2.24) is 5.43 Å². The Kier molecular flexibility index (Phi) is 4.58. The number of hydrogen-bond acceptors (Lipinski definition) is 2. The van der Waals surface area contributed by atoms with Gasteiger partial charge in [-0.1, -0.05) is 39.3 Å². The molecule has 0 saturated heterocycles. The highest BCUT2D eigenvalue weighted by Crippen LogP contribution is 2.22. The van der Waals surface area contributed by atoms with E-state index in [1.54, 1.807) is 0 Å². The van der Waals surface area contributed by atoms with Gasteiger partial charge in [-0.3, -0.25) is 4.79 Å². The molecule has 0 spiro atoms. The molecule has 1 aliphatic carbocycles. The first kappa shape index (κ1) is 14.8. The summed E-state index contributed by atoms with van der Waals surface area (Å²) in [5.74, 6) is -0.122. The van der Waals surface area contributed by atoms with Gasteiger partial charge in [0.1, 0.15) is 0 Å². The van der Waals surface area contributed by atoms with E-state index in [-0.39, 0.29) is 11.3 Å². The highest BCUT2D eigenvalue weighted by molar-refractivity contribution is 5.95. The van der Waals surface area contributed by atoms with Crippen LogP contribution < -0.4 is 5.43 Å². The zero-order valence-electron chi connectivity index (χ0n) is 12.7. The van der Waals surface area contributed by atoms with Crippen molar-refractivity contribution in [1.29, 1.82) is 0 Å². The smallest absolute Gasteiger partial charge is 0.267 e. The van der Waals surface area contributed by atoms with Crippen molar-refractivity contribution >= 4 is 11.6 Å². The number of rotatable bonds is 2. The molecule has 1 fully saturated rings. The average Bonchev–Trinajstić information content (AvgIpc) is 2.45. The Morgan fingerprint density at radius 2 is 1.65 bits per heavy atom. The van der Waals surface area contributed by atoms with E-state index in [9.17, 15) is 4.79 Å². The molecule has 0 radical (unpaired) electrons. The maximum absolute atomic E-state index is 12.0. The van der Waals surface area contributed by atoms with E-state index in [0.29, 0.717) is 5.56 Å². The van der Waals surface area contributed by atoms with Gasteiger partial charge in [0.25, 0.3) is 5.91 Å². The Morgan fingerprint density at radius 1 is 1.05 bits per heavy atom. The molecule has 1 aromatic carbocycles. The standard InChI is InChI=1S/C17H24N2O/c1-17(2,3)14-11-9-13(10-12-14)16(20)19-18-15-7-5-4-6-8-15/h9-12H,4-8H2,1-3H3,(H,19,20). The topological polar surface area (TPSA) is 41.5 Å². The van der Waals surface area contributed by atoms with Crippen molar-refractivity contribution in [3.05, 3.63) is 35.4 Å². The molecular formula is C17H24N2O. The van der Waals surface area contributed by atoms with Gasteiger partial charge < -0.3 is 0 Å². The Morgan fingerprint density at radius 3 is 2.20 bits per heavy atom. The molecule has 3 heteroatoms. The summed E-state index contributed by atoms with van der Waals surface area (Å²) in [6, 6.07) is 7.78. The Labute approximate surface area is 121 Å². The van der Waals surface area contributed by atoms with Crippen molar-refractivity contribution in [2.24, 2.45) is 5.10 Å². The van der Waals surface area contributed by atoms with Crippen LogP contribution in [-0.2, 0) is 5.41 Å². The van der Waals surface area contributed by atoms with Gasteiger partial charge in [-0.25, -0.2) is 5.43 Å². The summed E-state index contributed by atoms with van der Waals surface area (Å²) < 4.78 is 0. The lowest BCUT2D eigenvalue weighted by atomic mass is 9.87. The predicted octanol–water partition coefficient (Wildman–Crippen LogP) is 4.03. The van der Waals surface area contributed by atoms with E-state index in [4.69, 9.17) is 0 Å². The van der Waals surface area contributed by atoms with Gasteiger partial charge in [0.05, 0.1) is 0 Å². The lowest BCUT2D eigenvalue weighted by molar-refractivity contribution is 0.0954. The molecule has 0 aromatic heterocycles. The summed E-state index contributed by atoms with van der Waals surface area (Å²) in [5, 5.41) is 4.25. The van der Waals surface area contributed by atoms with Crippen LogP contribution in [0.4, 0.5) is 0 Å². The van der Waals surface area contributed by atoms with Gasteiger partial charge in [0.2, 0.25) is 0 Å². The Balaban J connectivity index is 1.99. The largest absolute Gasteiger partial charge is 0.271 e. The summed E-state index contributed by atoms with van der Waals surface area (Å²) >= 11 is 0. The first-order chi connectivity index (χ1) is 9.47. The minimum absolute atomic E-state index is 0.108. The molecule has 3 nitrogen and oxygen atoms in total. The van der Waals surface area contributed by atoms with Crippen LogP contribution in [0.2, 0.25) is 0 Å². The minimum Gasteiger partial charge on any atom is -0.267 e. The second-order valence-electron chi connectivity index (χ2n) is 6.51. The van der Waals surface area contributed by atoms with Crippen LogP contribution in [0.15, 0.2) is 29.4 Å². The fourth-order valence-electron chi connectivity index (χ4n) is 2.39. The zero-order valence-corrected chi connectivity index (χ0v) is 12.7. The van der Waals surface area contributed by atoms with Crippen LogP contribution in [0.25, 0.3) is 0 Å². The lowest BCUT2D eigenvalue weighted by Gasteiger charge is -2.19. The number of amides is 1. The molecule has 2 rings (SSSR count). The highest BCUT2D eigenvalue weighted by Gasteiger charge is 2.14. The molecule has 0 aliphatic heterocycles. The maximum atomic E-state index is 12.0. The number of carbonyl (C=O) groups excluding carboxylic acids is 1. The van der Waals surface area contributed by atoms with E-state index in [0.717, 1.165) is 18.6 Å². The van der Waals surface area contributed by atoms with Gasteiger partial charge in [-0.05, 0) is 48.8 Å². The highest BCUT2D eigenvalue weighted by atomic mass is 16.2. The summed E-state index contributed by atoms with van der Waals surface area (Å²) in [6.45, 7) is 6.49. The van der Waals surface area contributed by atoms with Crippen molar-refractivity contribution < 1.29 is 4.79 Å². The lowest BCUT2D eigenvalue weighted by Crippen LogP contribution is -2.21. The van der Waals surface area contributed by atoms with Crippen LogP contribution >= 0.6 is 0 Å². The predicted molar refractivity (Wildman–Crippen MR) is 83.1 cm³/mol. The van der Waals surface area contributed by atoms with E-state index < -0.39 is 0 Å². The average molecular weight is 272 g/mol. The second kappa shape index (κ2) is 6.21. The third-order valence-electron chi connectivity index (χ3n) is 3.76. The van der Waals surface area contributed by atoms with Crippen LogP contribution in [0.3, 0.4) is 0 Å². The molecule has 0 heterocycles. The van der Waals surface area contributed by atoms with E-state index in [1.807, 2.05) is 24.3 Å². The Bertz CT molecular complexity index is 487. The number of carbonyl (C=O) groups is 1. The fraction of sp³-hybridized carbons (Fsp3) is 0.529. The first-order valence-corrected chi connectivity index (χ1v) is 7.43. The molecule has 1 aliphatic rings. The summed E-state index contributed by atoms with van der Waals surface area (Å²) in [4.78, 5) is 12.0. The molecule has 1 saturated carbocycles.